The lowest BCUT2D eigenvalue weighted by Gasteiger charge is -2.34. The minimum absolute atomic E-state index is 0.0265. The molecule has 2 fully saturated rings. The number of carbonyl (C=O) groups is 2. The second-order valence-electron chi connectivity index (χ2n) is 7.47. The first-order valence-corrected chi connectivity index (χ1v) is 10.0. The number of amides is 2. The van der Waals surface area contributed by atoms with Crippen molar-refractivity contribution in [2.24, 2.45) is 0 Å². The third kappa shape index (κ3) is 4.28. The van der Waals surface area contributed by atoms with Crippen molar-refractivity contribution in [2.45, 2.75) is 25.8 Å². The van der Waals surface area contributed by atoms with Gasteiger partial charge in [0, 0.05) is 32.2 Å². The van der Waals surface area contributed by atoms with Gasteiger partial charge in [0.05, 0.1) is 17.1 Å². The van der Waals surface area contributed by atoms with Crippen LogP contribution in [0.5, 0.6) is 0 Å². The van der Waals surface area contributed by atoms with Crippen molar-refractivity contribution in [1.29, 1.82) is 0 Å². The fourth-order valence-corrected chi connectivity index (χ4v) is 3.74. The van der Waals surface area contributed by atoms with Gasteiger partial charge in [-0.2, -0.15) is 0 Å². The van der Waals surface area contributed by atoms with E-state index in [1.54, 1.807) is 17.9 Å². The molecule has 7 nitrogen and oxygen atoms in total. The Kier molecular flexibility index (Phi) is 5.56. The molecular formula is C20H22ClFN4O3. The molecule has 4 rings (SSSR count). The number of hydrogen-bond donors (Lipinski definition) is 1. The Morgan fingerprint density at radius 2 is 2.00 bits per heavy atom. The fourth-order valence-electron chi connectivity index (χ4n) is 3.49. The smallest absolute Gasteiger partial charge is 0.259 e. The van der Waals surface area contributed by atoms with Gasteiger partial charge in [-0.15, -0.1) is 0 Å². The largest absolute Gasteiger partial charge is 0.360 e. The predicted octanol–water partition coefficient (Wildman–Crippen LogP) is 2.48. The van der Waals surface area contributed by atoms with E-state index in [9.17, 15) is 14.0 Å². The molecule has 1 N–H and O–H groups in total. The molecule has 1 aliphatic carbocycles. The summed E-state index contributed by atoms with van der Waals surface area (Å²) in [5.74, 6) is -0.499. The number of nitrogens with one attached hydrogen (secondary N) is 1. The number of nitrogens with zero attached hydrogens (tertiary/aromatic N) is 3. The van der Waals surface area contributed by atoms with E-state index < -0.39 is 5.82 Å². The maximum absolute atomic E-state index is 14.4. The van der Waals surface area contributed by atoms with Gasteiger partial charge in [0.15, 0.2) is 0 Å². The minimum atomic E-state index is -0.564. The first kappa shape index (κ1) is 19.8. The van der Waals surface area contributed by atoms with Gasteiger partial charge in [0.25, 0.3) is 5.91 Å². The van der Waals surface area contributed by atoms with Crippen molar-refractivity contribution in [3.63, 3.8) is 0 Å². The van der Waals surface area contributed by atoms with Gasteiger partial charge in [-0.25, -0.2) is 4.39 Å². The van der Waals surface area contributed by atoms with Crippen LogP contribution in [-0.2, 0) is 4.79 Å². The van der Waals surface area contributed by atoms with Crippen LogP contribution >= 0.6 is 11.6 Å². The van der Waals surface area contributed by atoms with Crippen molar-refractivity contribution in [2.75, 3.05) is 32.7 Å². The maximum atomic E-state index is 14.4. The lowest BCUT2D eigenvalue weighted by molar-refractivity contribution is -0.122. The first-order valence-electron chi connectivity index (χ1n) is 9.65. The van der Waals surface area contributed by atoms with Crippen LogP contribution in [0.15, 0.2) is 22.7 Å². The summed E-state index contributed by atoms with van der Waals surface area (Å²) >= 11 is 6.15. The molecule has 1 saturated carbocycles. The number of rotatable bonds is 5. The minimum Gasteiger partial charge on any atom is -0.360 e. The van der Waals surface area contributed by atoms with Gasteiger partial charge in [-0.05, 0) is 31.9 Å². The summed E-state index contributed by atoms with van der Waals surface area (Å²) < 4.78 is 19.6. The zero-order chi connectivity index (χ0) is 20.5. The summed E-state index contributed by atoms with van der Waals surface area (Å²) in [7, 11) is 0. The number of carbonyl (C=O) groups excluding carboxylic acids is 2. The van der Waals surface area contributed by atoms with E-state index >= 15 is 0 Å². The van der Waals surface area contributed by atoms with E-state index in [2.05, 4.69) is 10.5 Å². The number of aryl methyl sites for hydroxylation is 1. The molecule has 154 valence electrons. The van der Waals surface area contributed by atoms with Crippen molar-refractivity contribution in [3.8, 4) is 11.3 Å². The summed E-state index contributed by atoms with van der Waals surface area (Å²) in [6.07, 6.45) is 2.11. The van der Waals surface area contributed by atoms with Crippen LogP contribution in [0.4, 0.5) is 4.39 Å². The summed E-state index contributed by atoms with van der Waals surface area (Å²) in [5, 5.41) is 7.04. The number of aromatic nitrogens is 1. The van der Waals surface area contributed by atoms with E-state index in [0.29, 0.717) is 44.5 Å². The average Bonchev–Trinajstić information content (AvgIpc) is 3.42. The molecule has 0 radical (unpaired) electrons. The summed E-state index contributed by atoms with van der Waals surface area (Å²) in [4.78, 5) is 28.8. The summed E-state index contributed by atoms with van der Waals surface area (Å²) in [5.41, 5.74) is 0.392. The van der Waals surface area contributed by atoms with E-state index in [1.807, 2.05) is 4.90 Å². The number of piperazine rings is 1. The Balaban J connectivity index is 1.46. The van der Waals surface area contributed by atoms with Crippen molar-refractivity contribution in [1.82, 2.24) is 20.3 Å². The monoisotopic (exact) mass is 420 g/mol. The van der Waals surface area contributed by atoms with Crippen molar-refractivity contribution >= 4 is 23.4 Å². The van der Waals surface area contributed by atoms with Crippen LogP contribution in [0, 0.1) is 12.7 Å². The lowest BCUT2D eigenvalue weighted by Crippen LogP contribution is -2.51. The lowest BCUT2D eigenvalue weighted by atomic mass is 10.0. The van der Waals surface area contributed by atoms with Gasteiger partial charge < -0.3 is 14.7 Å². The van der Waals surface area contributed by atoms with Crippen LogP contribution in [-0.4, -0.2) is 65.5 Å². The van der Waals surface area contributed by atoms with Crippen molar-refractivity contribution in [3.05, 3.63) is 40.4 Å². The molecule has 1 aliphatic heterocycles. The van der Waals surface area contributed by atoms with Gasteiger partial charge in [-0.3, -0.25) is 14.5 Å². The molecule has 2 aliphatic rings. The van der Waals surface area contributed by atoms with Gasteiger partial charge in [0.2, 0.25) is 5.91 Å². The summed E-state index contributed by atoms with van der Waals surface area (Å²) in [6, 6.07) is 4.65. The second kappa shape index (κ2) is 8.12. The molecule has 9 heteroatoms. The van der Waals surface area contributed by atoms with Gasteiger partial charge >= 0.3 is 0 Å². The Morgan fingerprint density at radius 3 is 2.66 bits per heavy atom. The zero-order valence-electron chi connectivity index (χ0n) is 16.1. The van der Waals surface area contributed by atoms with Crippen LogP contribution in [0.2, 0.25) is 5.02 Å². The van der Waals surface area contributed by atoms with E-state index in [0.717, 1.165) is 12.8 Å². The van der Waals surface area contributed by atoms with E-state index in [1.165, 1.54) is 12.1 Å². The average molecular weight is 421 g/mol. The Morgan fingerprint density at radius 1 is 1.28 bits per heavy atom. The van der Waals surface area contributed by atoms with Crippen LogP contribution in [0.25, 0.3) is 11.3 Å². The third-order valence-electron chi connectivity index (χ3n) is 5.25. The van der Waals surface area contributed by atoms with Gasteiger partial charge in [0.1, 0.15) is 22.8 Å². The number of benzene rings is 1. The molecule has 1 saturated heterocycles. The highest BCUT2D eigenvalue weighted by atomic mass is 35.5. The van der Waals surface area contributed by atoms with E-state index in [-0.39, 0.29) is 33.7 Å². The predicted molar refractivity (Wildman–Crippen MR) is 105 cm³/mol. The quantitative estimate of drug-likeness (QED) is 0.804. The number of hydrogen-bond acceptors (Lipinski definition) is 5. The molecule has 0 spiro atoms. The van der Waals surface area contributed by atoms with E-state index in [4.69, 9.17) is 16.1 Å². The zero-order valence-corrected chi connectivity index (χ0v) is 16.8. The fraction of sp³-hybridized carbons (Fsp3) is 0.450. The molecule has 2 heterocycles. The highest BCUT2D eigenvalue weighted by Crippen LogP contribution is 2.34. The molecule has 1 aromatic heterocycles. The molecule has 2 amide bonds. The highest BCUT2D eigenvalue weighted by Gasteiger charge is 2.31. The normalized spacial score (nSPS) is 17.4. The highest BCUT2D eigenvalue weighted by molar-refractivity contribution is 6.33. The molecule has 0 unspecified atom stereocenters. The first-order chi connectivity index (χ1) is 13.9. The Bertz CT molecular complexity index is 916. The molecule has 1 aromatic carbocycles. The summed E-state index contributed by atoms with van der Waals surface area (Å²) in [6.45, 7) is 4.06. The Labute approximate surface area is 172 Å². The third-order valence-corrected chi connectivity index (χ3v) is 5.56. The van der Waals surface area contributed by atoms with Gasteiger partial charge in [-0.1, -0.05) is 22.8 Å². The molecule has 0 bridgehead atoms. The van der Waals surface area contributed by atoms with Crippen molar-refractivity contribution < 1.29 is 18.5 Å². The topological polar surface area (TPSA) is 78.7 Å². The van der Waals surface area contributed by atoms with Crippen LogP contribution in [0.3, 0.4) is 0 Å². The second-order valence-corrected chi connectivity index (χ2v) is 7.88. The SMILES string of the molecule is Cc1onc(-c2c(F)cccc2Cl)c1C(=O)N1CCN(CC(=O)NC2CC2)CC1. The Hall–Kier alpha value is -2.45. The van der Waals surface area contributed by atoms with Crippen LogP contribution in [0.1, 0.15) is 29.0 Å². The standard InChI is InChI=1S/C20H22ClFN4O3/c1-12-17(19(24-29-12)18-14(21)3-2-4-15(18)22)20(28)26-9-7-25(8-10-26)11-16(27)23-13-5-6-13/h2-4,13H,5-11H2,1H3,(H,23,27). The maximum Gasteiger partial charge on any atom is 0.259 e. The number of halogens is 2. The molecule has 29 heavy (non-hydrogen) atoms. The molecule has 2 aromatic rings. The molecule has 0 atom stereocenters. The molecular weight excluding hydrogens is 399 g/mol. The van der Waals surface area contributed by atoms with Crippen LogP contribution < -0.4 is 5.32 Å².